The number of halogens is 1. The zero-order valence-electron chi connectivity index (χ0n) is 11.9. The van der Waals surface area contributed by atoms with Crippen LogP contribution in [0.15, 0.2) is 18.2 Å². The van der Waals surface area contributed by atoms with Crippen molar-refractivity contribution >= 4 is 34.7 Å². The number of aromatic hydroxyl groups is 1. The number of benzene rings is 1. The molecule has 0 saturated heterocycles. The maximum absolute atomic E-state index is 12.5. The summed E-state index contributed by atoms with van der Waals surface area (Å²) in [4.78, 5) is 12.8. The molecular formula is C15H19ClN2O2S. The van der Waals surface area contributed by atoms with Gasteiger partial charge in [-0.25, -0.2) is 0 Å². The van der Waals surface area contributed by atoms with E-state index in [0.29, 0.717) is 10.9 Å². The highest BCUT2D eigenvalue weighted by Gasteiger charge is 2.38. The lowest BCUT2D eigenvalue weighted by molar-refractivity contribution is 0.0900. The number of nitrogens with two attached hydrogens (primary N) is 1. The van der Waals surface area contributed by atoms with Crippen molar-refractivity contribution in [3.8, 4) is 5.75 Å². The van der Waals surface area contributed by atoms with E-state index in [4.69, 9.17) is 29.6 Å². The average Bonchev–Trinajstić information content (AvgIpc) is 2.44. The molecule has 0 heterocycles. The molecule has 0 aliphatic heterocycles. The van der Waals surface area contributed by atoms with Gasteiger partial charge in [0, 0.05) is 0 Å². The fourth-order valence-corrected chi connectivity index (χ4v) is 3.12. The van der Waals surface area contributed by atoms with Crippen LogP contribution in [0.25, 0.3) is 0 Å². The monoisotopic (exact) mass is 326 g/mol. The maximum Gasteiger partial charge on any atom is 0.253 e. The van der Waals surface area contributed by atoms with E-state index in [1.165, 1.54) is 18.2 Å². The van der Waals surface area contributed by atoms with Crippen LogP contribution in [0.1, 0.15) is 43.0 Å². The third-order valence-corrected chi connectivity index (χ3v) is 4.87. The van der Waals surface area contributed by atoms with Crippen LogP contribution in [0, 0.1) is 5.92 Å². The molecule has 1 saturated carbocycles. The molecule has 2 rings (SSSR count). The Morgan fingerprint density at radius 1 is 1.48 bits per heavy atom. The lowest BCUT2D eigenvalue weighted by Crippen LogP contribution is -2.58. The predicted molar refractivity (Wildman–Crippen MR) is 87.7 cm³/mol. The molecule has 4 N–H and O–H groups in total. The normalized spacial score (nSPS) is 25.3. The number of carbonyl (C=O) groups excluding carboxylic acids is 1. The number of rotatable bonds is 3. The van der Waals surface area contributed by atoms with Crippen molar-refractivity contribution in [2.24, 2.45) is 11.7 Å². The number of phenols is 1. The van der Waals surface area contributed by atoms with Crippen LogP contribution >= 0.6 is 23.8 Å². The van der Waals surface area contributed by atoms with Crippen molar-refractivity contribution in [3.05, 3.63) is 28.8 Å². The van der Waals surface area contributed by atoms with Crippen LogP contribution in [0.2, 0.25) is 5.02 Å². The summed E-state index contributed by atoms with van der Waals surface area (Å²) in [6.45, 7) is 2.18. The SMILES string of the molecule is CC1CCC(NC(=O)c2cc(O)ccc2Cl)(C(N)=S)CC1. The standard InChI is InChI=1S/C15H19ClN2O2S/c1-9-4-6-15(7-5-9,14(17)21)18-13(20)11-8-10(19)2-3-12(11)16/h2-3,8-9,19H,4-7H2,1H3,(H2,17,21)(H,18,20). The highest BCUT2D eigenvalue weighted by atomic mass is 35.5. The van der Waals surface area contributed by atoms with Gasteiger partial charge in [-0.15, -0.1) is 0 Å². The molecule has 114 valence electrons. The molecule has 1 aromatic rings. The van der Waals surface area contributed by atoms with E-state index in [-0.39, 0.29) is 22.2 Å². The number of amides is 1. The summed E-state index contributed by atoms with van der Waals surface area (Å²) >= 11 is 11.2. The first-order valence-electron chi connectivity index (χ1n) is 6.95. The number of nitrogens with one attached hydrogen (secondary N) is 1. The number of hydrogen-bond acceptors (Lipinski definition) is 3. The smallest absolute Gasteiger partial charge is 0.253 e. The minimum absolute atomic E-state index is 0.00816. The van der Waals surface area contributed by atoms with Gasteiger partial charge in [0.05, 0.1) is 21.1 Å². The van der Waals surface area contributed by atoms with Gasteiger partial charge in [0.25, 0.3) is 5.91 Å². The zero-order chi connectivity index (χ0) is 15.6. The lowest BCUT2D eigenvalue weighted by atomic mass is 9.77. The van der Waals surface area contributed by atoms with Crippen molar-refractivity contribution in [2.45, 2.75) is 38.1 Å². The third-order valence-electron chi connectivity index (χ3n) is 4.15. The second-order valence-electron chi connectivity index (χ2n) is 5.75. The fraction of sp³-hybridized carbons (Fsp3) is 0.467. The van der Waals surface area contributed by atoms with Crippen LogP contribution in [-0.2, 0) is 0 Å². The van der Waals surface area contributed by atoms with E-state index in [2.05, 4.69) is 12.2 Å². The summed E-state index contributed by atoms with van der Waals surface area (Å²) in [7, 11) is 0. The van der Waals surface area contributed by atoms with Gasteiger partial charge in [-0.05, 0) is 49.8 Å². The Balaban J connectivity index is 2.23. The number of carbonyl (C=O) groups is 1. The molecule has 1 aromatic carbocycles. The summed E-state index contributed by atoms with van der Waals surface area (Å²) in [6.07, 6.45) is 3.38. The van der Waals surface area contributed by atoms with E-state index in [0.717, 1.165) is 25.7 Å². The Hall–Kier alpha value is -1.33. The Morgan fingerprint density at radius 2 is 2.10 bits per heavy atom. The topological polar surface area (TPSA) is 75.3 Å². The molecule has 1 aliphatic carbocycles. The highest BCUT2D eigenvalue weighted by molar-refractivity contribution is 7.80. The van der Waals surface area contributed by atoms with Crippen molar-refractivity contribution in [3.63, 3.8) is 0 Å². The summed E-state index contributed by atoms with van der Waals surface area (Å²) in [5, 5.41) is 12.7. The van der Waals surface area contributed by atoms with Crippen LogP contribution in [-0.4, -0.2) is 21.5 Å². The van der Waals surface area contributed by atoms with Gasteiger partial charge >= 0.3 is 0 Å². The van der Waals surface area contributed by atoms with E-state index < -0.39 is 5.54 Å². The first-order chi connectivity index (χ1) is 9.84. The average molecular weight is 327 g/mol. The molecule has 0 radical (unpaired) electrons. The first kappa shape index (κ1) is 16.0. The Kier molecular flexibility index (Phi) is 4.74. The van der Waals surface area contributed by atoms with E-state index in [1.807, 2.05) is 0 Å². The summed E-state index contributed by atoms with van der Waals surface area (Å²) in [5.74, 6) is 0.234. The van der Waals surface area contributed by atoms with E-state index in [1.54, 1.807) is 0 Å². The van der Waals surface area contributed by atoms with Crippen molar-refractivity contribution < 1.29 is 9.90 Å². The molecular weight excluding hydrogens is 308 g/mol. The molecule has 0 spiro atoms. The Bertz CT molecular complexity index is 569. The van der Waals surface area contributed by atoms with Crippen molar-refractivity contribution in [2.75, 3.05) is 0 Å². The molecule has 0 unspecified atom stereocenters. The number of phenolic OH excluding ortho intramolecular Hbond substituents is 1. The Labute approximate surface area is 134 Å². The lowest BCUT2D eigenvalue weighted by Gasteiger charge is -2.39. The van der Waals surface area contributed by atoms with Crippen LogP contribution < -0.4 is 11.1 Å². The minimum atomic E-state index is -0.659. The van der Waals surface area contributed by atoms with Gasteiger partial charge in [0.2, 0.25) is 0 Å². The summed E-state index contributed by atoms with van der Waals surface area (Å²) in [6, 6.07) is 4.27. The maximum atomic E-state index is 12.5. The van der Waals surface area contributed by atoms with Gasteiger partial charge in [-0.2, -0.15) is 0 Å². The molecule has 21 heavy (non-hydrogen) atoms. The Morgan fingerprint density at radius 3 is 2.67 bits per heavy atom. The number of hydrogen-bond donors (Lipinski definition) is 3. The second-order valence-corrected chi connectivity index (χ2v) is 6.59. The molecule has 1 amide bonds. The summed E-state index contributed by atoms with van der Waals surface area (Å²) < 4.78 is 0. The molecule has 1 aliphatic rings. The minimum Gasteiger partial charge on any atom is -0.508 e. The third kappa shape index (κ3) is 3.47. The van der Waals surface area contributed by atoms with E-state index >= 15 is 0 Å². The van der Waals surface area contributed by atoms with Crippen LogP contribution in [0.3, 0.4) is 0 Å². The molecule has 4 nitrogen and oxygen atoms in total. The van der Waals surface area contributed by atoms with Gasteiger partial charge < -0.3 is 16.2 Å². The summed E-state index contributed by atoms with van der Waals surface area (Å²) in [5.41, 5.74) is 5.44. The predicted octanol–water partition coefficient (Wildman–Crippen LogP) is 3.01. The van der Waals surface area contributed by atoms with Gasteiger partial charge in [0.15, 0.2) is 0 Å². The van der Waals surface area contributed by atoms with Gasteiger partial charge in [0.1, 0.15) is 5.75 Å². The quantitative estimate of drug-likeness (QED) is 0.746. The molecule has 0 atom stereocenters. The molecule has 1 fully saturated rings. The zero-order valence-corrected chi connectivity index (χ0v) is 13.4. The van der Waals surface area contributed by atoms with E-state index in [9.17, 15) is 9.90 Å². The second kappa shape index (κ2) is 6.20. The van der Waals surface area contributed by atoms with Crippen molar-refractivity contribution in [1.29, 1.82) is 0 Å². The molecule has 6 heteroatoms. The largest absolute Gasteiger partial charge is 0.508 e. The highest BCUT2D eigenvalue weighted by Crippen LogP contribution is 2.33. The first-order valence-corrected chi connectivity index (χ1v) is 7.73. The van der Waals surface area contributed by atoms with Crippen LogP contribution in [0.5, 0.6) is 5.75 Å². The molecule has 0 bridgehead atoms. The number of thiocarbonyl (C=S) groups is 1. The van der Waals surface area contributed by atoms with Crippen LogP contribution in [0.4, 0.5) is 0 Å². The van der Waals surface area contributed by atoms with Crippen molar-refractivity contribution in [1.82, 2.24) is 5.32 Å². The van der Waals surface area contributed by atoms with Gasteiger partial charge in [-0.3, -0.25) is 4.79 Å². The fourth-order valence-electron chi connectivity index (χ4n) is 2.66. The molecule has 0 aromatic heterocycles. The van der Waals surface area contributed by atoms with Gasteiger partial charge in [-0.1, -0.05) is 30.7 Å².